The molecule has 0 radical (unpaired) electrons. The van der Waals surface area contributed by atoms with Gasteiger partial charge in [-0.2, -0.15) is 0 Å². The first-order valence-electron chi connectivity index (χ1n) is 8.74. The van der Waals surface area contributed by atoms with E-state index >= 15 is 0 Å². The van der Waals surface area contributed by atoms with Gasteiger partial charge in [-0.1, -0.05) is 54.6 Å². The van der Waals surface area contributed by atoms with Crippen molar-refractivity contribution in [3.63, 3.8) is 0 Å². The molecule has 0 atom stereocenters. The van der Waals surface area contributed by atoms with Crippen LogP contribution in [0.4, 0.5) is 5.69 Å². The van der Waals surface area contributed by atoms with Crippen molar-refractivity contribution in [1.29, 1.82) is 0 Å². The highest BCUT2D eigenvalue weighted by atomic mass is 16.5. The van der Waals surface area contributed by atoms with Gasteiger partial charge in [0.15, 0.2) is 0 Å². The number of ether oxygens (including phenoxy) is 1. The van der Waals surface area contributed by atoms with Crippen molar-refractivity contribution >= 4 is 23.6 Å². The van der Waals surface area contributed by atoms with Crippen LogP contribution in [0.2, 0.25) is 0 Å². The number of methoxy groups -OCH3 is 1. The van der Waals surface area contributed by atoms with Crippen LogP contribution in [-0.2, 0) is 4.79 Å². The van der Waals surface area contributed by atoms with Gasteiger partial charge in [-0.15, -0.1) is 0 Å². The molecule has 2 N–H and O–H groups in total. The number of nitrogens with one attached hydrogen (secondary N) is 2. The molecule has 0 aliphatic heterocycles. The maximum Gasteiger partial charge on any atom is 0.272 e. The minimum absolute atomic E-state index is 0.142. The van der Waals surface area contributed by atoms with Crippen LogP contribution in [0.25, 0.3) is 6.08 Å². The number of benzene rings is 3. The van der Waals surface area contributed by atoms with Crippen molar-refractivity contribution < 1.29 is 14.3 Å². The van der Waals surface area contributed by atoms with Gasteiger partial charge in [0.05, 0.1) is 7.11 Å². The highest BCUT2D eigenvalue weighted by Crippen LogP contribution is 2.17. The monoisotopic (exact) mass is 372 g/mol. The highest BCUT2D eigenvalue weighted by molar-refractivity contribution is 6.10. The average Bonchev–Trinajstić information content (AvgIpc) is 2.74. The van der Waals surface area contributed by atoms with Crippen LogP contribution in [0.3, 0.4) is 0 Å². The molecule has 140 valence electrons. The Kier molecular flexibility index (Phi) is 6.21. The fraction of sp³-hybridized carbons (Fsp3) is 0.0435. The third-order valence-electron chi connectivity index (χ3n) is 3.97. The molecule has 0 aliphatic carbocycles. The smallest absolute Gasteiger partial charge is 0.272 e. The highest BCUT2D eigenvalue weighted by Gasteiger charge is 2.15. The van der Waals surface area contributed by atoms with Crippen LogP contribution >= 0.6 is 0 Å². The van der Waals surface area contributed by atoms with Crippen LogP contribution in [0.15, 0.2) is 90.6 Å². The molecule has 0 aliphatic rings. The van der Waals surface area contributed by atoms with Gasteiger partial charge in [0.2, 0.25) is 0 Å². The van der Waals surface area contributed by atoms with Crippen molar-refractivity contribution in [3.8, 4) is 5.75 Å². The Morgan fingerprint density at radius 3 is 2.21 bits per heavy atom. The van der Waals surface area contributed by atoms with Crippen LogP contribution in [0.1, 0.15) is 15.9 Å². The number of amides is 2. The molecule has 2 amide bonds. The Morgan fingerprint density at radius 1 is 0.857 bits per heavy atom. The van der Waals surface area contributed by atoms with Crippen molar-refractivity contribution in [2.24, 2.45) is 0 Å². The normalized spacial score (nSPS) is 10.8. The number of hydrogen-bond donors (Lipinski definition) is 2. The SMILES string of the molecule is COc1cccc(NC(=O)C(=Cc2ccccc2)NC(=O)c2ccccc2)c1. The van der Waals surface area contributed by atoms with E-state index in [0.29, 0.717) is 17.0 Å². The zero-order chi connectivity index (χ0) is 19.8. The van der Waals surface area contributed by atoms with Crippen molar-refractivity contribution in [2.45, 2.75) is 0 Å². The lowest BCUT2D eigenvalue weighted by Gasteiger charge is -2.12. The first-order valence-corrected chi connectivity index (χ1v) is 8.74. The summed E-state index contributed by atoms with van der Waals surface area (Å²) in [6, 6.07) is 25.1. The summed E-state index contributed by atoms with van der Waals surface area (Å²) < 4.78 is 5.18. The van der Waals surface area contributed by atoms with Crippen LogP contribution < -0.4 is 15.4 Å². The molecule has 28 heavy (non-hydrogen) atoms. The van der Waals surface area contributed by atoms with Gasteiger partial charge in [0.25, 0.3) is 11.8 Å². The molecular formula is C23H20N2O3. The number of hydrogen-bond acceptors (Lipinski definition) is 3. The summed E-state index contributed by atoms with van der Waals surface area (Å²) in [5.74, 6) is -0.162. The Morgan fingerprint density at radius 2 is 1.54 bits per heavy atom. The van der Waals surface area contributed by atoms with Gasteiger partial charge in [-0.3, -0.25) is 9.59 Å². The van der Waals surface area contributed by atoms with Gasteiger partial charge in [-0.05, 0) is 35.9 Å². The van der Waals surface area contributed by atoms with E-state index in [4.69, 9.17) is 4.74 Å². The van der Waals surface area contributed by atoms with Crippen molar-refractivity contribution in [3.05, 3.63) is 102 Å². The summed E-state index contributed by atoms with van der Waals surface area (Å²) in [6.45, 7) is 0. The molecule has 0 heterocycles. The largest absolute Gasteiger partial charge is 0.497 e. The average molecular weight is 372 g/mol. The molecule has 0 bridgehead atoms. The molecule has 3 aromatic rings. The Balaban J connectivity index is 1.86. The Bertz CT molecular complexity index is 983. The second-order valence-corrected chi connectivity index (χ2v) is 5.97. The summed E-state index contributed by atoms with van der Waals surface area (Å²) >= 11 is 0. The van der Waals surface area contributed by atoms with E-state index in [2.05, 4.69) is 10.6 Å². The van der Waals surface area contributed by atoms with Crippen LogP contribution in [0.5, 0.6) is 5.75 Å². The first kappa shape index (κ1) is 18.9. The predicted octanol–water partition coefficient (Wildman–Crippen LogP) is 4.10. The zero-order valence-electron chi connectivity index (χ0n) is 15.4. The van der Waals surface area contributed by atoms with Crippen LogP contribution in [0, 0.1) is 0 Å². The second kappa shape index (κ2) is 9.19. The molecule has 5 nitrogen and oxygen atoms in total. The maximum atomic E-state index is 12.8. The molecule has 3 rings (SSSR count). The Labute approximate surface area is 163 Å². The van der Waals surface area contributed by atoms with Gasteiger partial charge in [0.1, 0.15) is 11.4 Å². The quantitative estimate of drug-likeness (QED) is 0.640. The molecule has 0 unspecified atom stereocenters. The number of carbonyl (C=O) groups excluding carboxylic acids is 2. The summed E-state index contributed by atoms with van der Waals surface area (Å²) in [5, 5.41) is 5.50. The maximum absolute atomic E-state index is 12.8. The molecule has 0 fully saturated rings. The third-order valence-corrected chi connectivity index (χ3v) is 3.97. The lowest BCUT2D eigenvalue weighted by molar-refractivity contribution is -0.113. The lowest BCUT2D eigenvalue weighted by Crippen LogP contribution is -2.30. The van der Waals surface area contributed by atoms with Gasteiger partial charge >= 0.3 is 0 Å². The molecule has 0 spiro atoms. The van der Waals surface area contributed by atoms with Crippen LogP contribution in [-0.4, -0.2) is 18.9 Å². The van der Waals surface area contributed by atoms with E-state index in [-0.39, 0.29) is 11.6 Å². The zero-order valence-corrected chi connectivity index (χ0v) is 15.4. The predicted molar refractivity (Wildman–Crippen MR) is 110 cm³/mol. The molecule has 0 saturated heterocycles. The molecular weight excluding hydrogens is 352 g/mol. The van der Waals surface area contributed by atoms with E-state index < -0.39 is 5.91 Å². The minimum atomic E-state index is -0.429. The van der Waals surface area contributed by atoms with Gasteiger partial charge in [0, 0.05) is 17.3 Å². The summed E-state index contributed by atoms with van der Waals surface area (Å²) in [5.41, 5.74) is 1.97. The van der Waals surface area contributed by atoms with E-state index in [0.717, 1.165) is 5.56 Å². The summed E-state index contributed by atoms with van der Waals surface area (Å²) in [7, 11) is 1.56. The summed E-state index contributed by atoms with van der Waals surface area (Å²) in [4.78, 5) is 25.4. The van der Waals surface area contributed by atoms with Gasteiger partial charge in [-0.25, -0.2) is 0 Å². The standard InChI is InChI=1S/C23H20N2O3/c1-28-20-14-8-13-19(16-20)24-23(27)21(15-17-9-4-2-5-10-17)25-22(26)18-11-6-3-7-12-18/h2-16H,1H3,(H,24,27)(H,25,26). The number of anilines is 1. The topological polar surface area (TPSA) is 67.4 Å². The minimum Gasteiger partial charge on any atom is -0.497 e. The Hall–Kier alpha value is -3.86. The van der Waals surface area contributed by atoms with E-state index in [1.807, 2.05) is 36.4 Å². The van der Waals surface area contributed by atoms with Gasteiger partial charge < -0.3 is 15.4 Å². The number of carbonyl (C=O) groups is 2. The van der Waals surface area contributed by atoms with E-state index in [1.54, 1.807) is 61.7 Å². The third kappa shape index (κ3) is 5.08. The molecule has 3 aromatic carbocycles. The van der Waals surface area contributed by atoms with Crippen molar-refractivity contribution in [1.82, 2.24) is 5.32 Å². The molecule has 0 aromatic heterocycles. The molecule has 5 heteroatoms. The van der Waals surface area contributed by atoms with E-state index in [9.17, 15) is 9.59 Å². The summed E-state index contributed by atoms with van der Waals surface area (Å²) in [6.07, 6.45) is 1.64. The van der Waals surface area contributed by atoms with Crippen molar-refractivity contribution in [2.75, 3.05) is 12.4 Å². The lowest BCUT2D eigenvalue weighted by atomic mass is 10.1. The van der Waals surface area contributed by atoms with E-state index in [1.165, 1.54) is 0 Å². The fourth-order valence-corrected chi connectivity index (χ4v) is 2.56. The first-order chi connectivity index (χ1) is 13.7. The fourth-order valence-electron chi connectivity index (χ4n) is 2.56. The second-order valence-electron chi connectivity index (χ2n) is 5.97. The number of rotatable bonds is 6. The molecule has 0 saturated carbocycles.